The summed E-state index contributed by atoms with van der Waals surface area (Å²) in [5.74, 6) is 1.75. The Bertz CT molecular complexity index is 726. The van der Waals surface area contributed by atoms with Gasteiger partial charge in [-0.2, -0.15) is 0 Å². The Morgan fingerprint density at radius 3 is 2.55 bits per heavy atom. The Hall–Kier alpha value is -2.15. The molecule has 0 aliphatic rings. The molecule has 0 spiro atoms. The first kappa shape index (κ1) is 14.8. The van der Waals surface area contributed by atoms with Gasteiger partial charge in [0.2, 0.25) is 17.7 Å². The van der Waals surface area contributed by atoms with Gasteiger partial charge in [-0.3, -0.25) is 0 Å². The smallest absolute Gasteiger partial charge is 0.277 e. The molecule has 0 radical (unpaired) electrons. The molecule has 0 amide bonds. The molecule has 0 aliphatic carbocycles. The van der Waals surface area contributed by atoms with E-state index in [4.69, 9.17) is 8.83 Å². The predicted octanol–water partition coefficient (Wildman–Crippen LogP) is 3.40. The summed E-state index contributed by atoms with van der Waals surface area (Å²) in [7, 11) is 0. The van der Waals surface area contributed by atoms with Crippen LogP contribution in [-0.4, -0.2) is 20.4 Å². The average molecular weight is 316 g/mol. The van der Waals surface area contributed by atoms with Crippen LogP contribution in [0.3, 0.4) is 0 Å². The van der Waals surface area contributed by atoms with Crippen LogP contribution in [0.1, 0.15) is 35.4 Å². The standard InChI is InChI=1S/C15H16N4O2S/c1-10(14-18-16-11(2)20-14)22-15-19-17-13(21-15)9-8-12-6-4-3-5-7-12/h3-7,10H,8-9H2,1-2H3/t10-/m1/s1. The molecule has 3 rings (SSSR count). The minimum atomic E-state index is -0.0244. The van der Waals surface area contributed by atoms with Crippen LogP contribution in [0.4, 0.5) is 0 Å². The molecule has 0 N–H and O–H groups in total. The Morgan fingerprint density at radius 1 is 1.00 bits per heavy atom. The van der Waals surface area contributed by atoms with Gasteiger partial charge in [0.25, 0.3) is 5.22 Å². The van der Waals surface area contributed by atoms with Gasteiger partial charge in [0, 0.05) is 13.3 Å². The van der Waals surface area contributed by atoms with Gasteiger partial charge in [0.1, 0.15) is 0 Å². The summed E-state index contributed by atoms with van der Waals surface area (Å²) >= 11 is 1.42. The second kappa shape index (κ2) is 6.74. The molecule has 0 aliphatic heterocycles. The van der Waals surface area contributed by atoms with Gasteiger partial charge >= 0.3 is 0 Å². The van der Waals surface area contributed by atoms with E-state index in [1.54, 1.807) is 6.92 Å². The summed E-state index contributed by atoms with van der Waals surface area (Å²) in [5.41, 5.74) is 1.25. The monoisotopic (exact) mass is 316 g/mol. The van der Waals surface area contributed by atoms with Crippen molar-refractivity contribution >= 4 is 11.8 Å². The Kier molecular flexibility index (Phi) is 4.53. The second-order valence-corrected chi connectivity index (χ2v) is 6.16. The normalized spacial score (nSPS) is 12.5. The topological polar surface area (TPSA) is 77.8 Å². The molecule has 7 heteroatoms. The van der Waals surface area contributed by atoms with Crippen LogP contribution in [0.25, 0.3) is 0 Å². The number of aryl methyl sites for hydroxylation is 3. The molecule has 0 bridgehead atoms. The largest absolute Gasteiger partial charge is 0.424 e. The third-order valence-corrected chi connectivity index (χ3v) is 4.01. The van der Waals surface area contributed by atoms with Crippen molar-refractivity contribution in [1.82, 2.24) is 20.4 Å². The first-order valence-corrected chi connectivity index (χ1v) is 7.91. The summed E-state index contributed by atoms with van der Waals surface area (Å²) in [6.07, 6.45) is 1.61. The van der Waals surface area contributed by atoms with Crippen molar-refractivity contribution in [2.24, 2.45) is 0 Å². The maximum atomic E-state index is 5.66. The fourth-order valence-corrected chi connectivity index (χ4v) is 2.69. The lowest BCUT2D eigenvalue weighted by atomic mass is 10.1. The molecule has 6 nitrogen and oxygen atoms in total. The van der Waals surface area contributed by atoms with Crippen molar-refractivity contribution in [3.63, 3.8) is 0 Å². The molecule has 3 aromatic rings. The van der Waals surface area contributed by atoms with Gasteiger partial charge in [0.15, 0.2) is 0 Å². The number of benzene rings is 1. The fraction of sp³-hybridized carbons (Fsp3) is 0.333. The van der Waals surface area contributed by atoms with E-state index in [9.17, 15) is 0 Å². The molecule has 1 atom stereocenters. The van der Waals surface area contributed by atoms with Crippen molar-refractivity contribution < 1.29 is 8.83 Å². The quantitative estimate of drug-likeness (QED) is 0.645. The van der Waals surface area contributed by atoms with Crippen LogP contribution in [0, 0.1) is 6.92 Å². The van der Waals surface area contributed by atoms with E-state index in [0.29, 0.717) is 22.9 Å². The maximum absolute atomic E-state index is 5.66. The van der Waals surface area contributed by atoms with E-state index < -0.39 is 0 Å². The highest BCUT2D eigenvalue weighted by Gasteiger charge is 2.18. The van der Waals surface area contributed by atoms with Crippen LogP contribution in [0.2, 0.25) is 0 Å². The van der Waals surface area contributed by atoms with E-state index in [2.05, 4.69) is 32.5 Å². The highest BCUT2D eigenvalue weighted by molar-refractivity contribution is 7.99. The zero-order chi connectivity index (χ0) is 15.4. The lowest BCUT2D eigenvalue weighted by molar-refractivity contribution is 0.410. The lowest BCUT2D eigenvalue weighted by Crippen LogP contribution is -1.90. The van der Waals surface area contributed by atoms with E-state index in [1.165, 1.54) is 17.3 Å². The summed E-state index contributed by atoms with van der Waals surface area (Å²) in [6, 6.07) is 10.2. The second-order valence-electron chi connectivity index (χ2n) is 4.87. The molecule has 1 aromatic carbocycles. The summed E-state index contributed by atoms with van der Waals surface area (Å²) in [4.78, 5) is 0. The zero-order valence-corrected chi connectivity index (χ0v) is 13.2. The highest BCUT2D eigenvalue weighted by atomic mass is 32.2. The third-order valence-electron chi connectivity index (χ3n) is 3.09. The maximum Gasteiger partial charge on any atom is 0.277 e. The average Bonchev–Trinajstić information content (AvgIpc) is 3.15. The van der Waals surface area contributed by atoms with E-state index >= 15 is 0 Å². The zero-order valence-electron chi connectivity index (χ0n) is 12.4. The molecule has 114 valence electrons. The van der Waals surface area contributed by atoms with Crippen molar-refractivity contribution in [2.45, 2.75) is 37.2 Å². The van der Waals surface area contributed by atoms with Crippen molar-refractivity contribution in [3.8, 4) is 0 Å². The SMILES string of the molecule is Cc1nnc([C@@H](C)Sc2nnc(CCc3ccccc3)o2)o1. The minimum Gasteiger partial charge on any atom is -0.424 e. The van der Waals surface area contributed by atoms with Gasteiger partial charge in [-0.1, -0.05) is 42.1 Å². The first-order chi connectivity index (χ1) is 10.7. The van der Waals surface area contributed by atoms with Crippen LogP contribution in [0.15, 0.2) is 44.4 Å². The van der Waals surface area contributed by atoms with Crippen LogP contribution >= 0.6 is 11.8 Å². The lowest BCUT2D eigenvalue weighted by Gasteiger charge is -2.01. The number of nitrogens with zero attached hydrogens (tertiary/aromatic N) is 4. The molecular formula is C15H16N4O2S. The number of hydrogen-bond acceptors (Lipinski definition) is 7. The van der Waals surface area contributed by atoms with Gasteiger partial charge in [-0.15, -0.1) is 20.4 Å². The van der Waals surface area contributed by atoms with Crippen LogP contribution < -0.4 is 0 Å². The Balaban J connectivity index is 1.57. The van der Waals surface area contributed by atoms with Crippen LogP contribution in [-0.2, 0) is 12.8 Å². The number of aromatic nitrogens is 4. The summed E-state index contributed by atoms with van der Waals surface area (Å²) in [5, 5.41) is 16.4. The first-order valence-electron chi connectivity index (χ1n) is 7.03. The molecule has 22 heavy (non-hydrogen) atoms. The van der Waals surface area contributed by atoms with Crippen LogP contribution in [0.5, 0.6) is 0 Å². The highest BCUT2D eigenvalue weighted by Crippen LogP contribution is 2.33. The Morgan fingerprint density at radius 2 is 1.82 bits per heavy atom. The van der Waals surface area contributed by atoms with Crippen molar-refractivity contribution in [3.05, 3.63) is 53.6 Å². The molecule has 0 saturated heterocycles. The fourth-order valence-electron chi connectivity index (χ4n) is 1.96. The Labute approximate surface area is 132 Å². The van der Waals surface area contributed by atoms with E-state index in [0.717, 1.165) is 12.8 Å². The molecule has 0 saturated carbocycles. The third kappa shape index (κ3) is 3.73. The molecule has 2 heterocycles. The van der Waals surface area contributed by atoms with Crippen molar-refractivity contribution in [2.75, 3.05) is 0 Å². The van der Waals surface area contributed by atoms with Crippen molar-refractivity contribution in [1.29, 1.82) is 0 Å². The summed E-state index contributed by atoms with van der Waals surface area (Å²) < 4.78 is 11.1. The molecule has 2 aromatic heterocycles. The van der Waals surface area contributed by atoms with E-state index in [1.807, 2.05) is 25.1 Å². The van der Waals surface area contributed by atoms with Gasteiger partial charge in [0.05, 0.1) is 5.25 Å². The van der Waals surface area contributed by atoms with E-state index in [-0.39, 0.29) is 5.25 Å². The molecule has 0 fully saturated rings. The predicted molar refractivity (Wildman–Crippen MR) is 81.5 cm³/mol. The minimum absolute atomic E-state index is 0.0244. The van der Waals surface area contributed by atoms with Gasteiger partial charge in [-0.25, -0.2) is 0 Å². The molecular weight excluding hydrogens is 300 g/mol. The summed E-state index contributed by atoms with van der Waals surface area (Å²) in [6.45, 7) is 3.73. The number of hydrogen-bond donors (Lipinski definition) is 0. The van der Waals surface area contributed by atoms with Gasteiger partial charge < -0.3 is 8.83 Å². The number of rotatable bonds is 6. The number of thioether (sulfide) groups is 1. The molecule has 0 unspecified atom stereocenters. The van der Waals surface area contributed by atoms with Gasteiger partial charge in [-0.05, 0) is 18.9 Å².